The minimum absolute atomic E-state index is 0.0192. The minimum Gasteiger partial charge on any atom is -0.469 e. The summed E-state index contributed by atoms with van der Waals surface area (Å²) in [4.78, 5) is 25.2. The van der Waals surface area contributed by atoms with Crippen LogP contribution in [0.4, 0.5) is 0 Å². The molecule has 0 aromatic carbocycles. The molecule has 0 aromatic rings. The zero-order valence-corrected chi connectivity index (χ0v) is 11.7. The van der Waals surface area contributed by atoms with Crippen LogP contribution in [0.25, 0.3) is 0 Å². The van der Waals surface area contributed by atoms with E-state index in [-0.39, 0.29) is 23.7 Å². The van der Waals surface area contributed by atoms with Crippen LogP contribution in [0.1, 0.15) is 20.8 Å². The molecule has 16 heavy (non-hydrogen) atoms. The van der Waals surface area contributed by atoms with E-state index in [2.05, 4.69) is 15.9 Å². The third kappa shape index (κ3) is 2.75. The maximum absolute atomic E-state index is 12.0. The normalized spacial score (nSPS) is 25.7. The van der Waals surface area contributed by atoms with Gasteiger partial charge in [-0.15, -0.1) is 0 Å². The second-order valence-corrected chi connectivity index (χ2v) is 6.77. The van der Waals surface area contributed by atoms with Crippen molar-refractivity contribution in [1.29, 1.82) is 0 Å². The second-order valence-electron chi connectivity index (χ2n) is 4.79. The number of amides is 1. The number of hydrogen-bond acceptors (Lipinski definition) is 3. The van der Waals surface area contributed by atoms with Crippen LogP contribution in [0.15, 0.2) is 0 Å². The molecule has 1 fully saturated rings. The molecule has 1 saturated heterocycles. The van der Waals surface area contributed by atoms with E-state index in [0.29, 0.717) is 13.1 Å². The number of rotatable bonds is 2. The summed E-state index contributed by atoms with van der Waals surface area (Å²) in [6, 6.07) is 0. The molecular formula is C11H18BrNO3. The van der Waals surface area contributed by atoms with E-state index >= 15 is 0 Å². The van der Waals surface area contributed by atoms with Gasteiger partial charge < -0.3 is 9.64 Å². The fourth-order valence-corrected chi connectivity index (χ4v) is 2.22. The Balaban J connectivity index is 2.70. The summed E-state index contributed by atoms with van der Waals surface area (Å²) in [5.41, 5.74) is 0. The molecule has 0 aromatic heterocycles. The van der Waals surface area contributed by atoms with Gasteiger partial charge in [-0.05, 0) is 19.8 Å². The number of methoxy groups -OCH3 is 1. The van der Waals surface area contributed by atoms with Gasteiger partial charge in [-0.2, -0.15) is 0 Å². The van der Waals surface area contributed by atoms with Gasteiger partial charge in [0, 0.05) is 13.1 Å². The number of nitrogens with zero attached hydrogens (tertiary/aromatic N) is 1. The molecule has 0 radical (unpaired) electrons. The first kappa shape index (κ1) is 13.5. The molecule has 0 bridgehead atoms. The number of esters is 1. The number of alkyl halides is 1. The van der Waals surface area contributed by atoms with Crippen molar-refractivity contribution in [1.82, 2.24) is 4.90 Å². The van der Waals surface area contributed by atoms with Crippen molar-refractivity contribution in [3.63, 3.8) is 0 Å². The van der Waals surface area contributed by atoms with Crippen LogP contribution in [0, 0.1) is 11.8 Å². The molecule has 1 aliphatic rings. The maximum Gasteiger partial charge on any atom is 0.310 e. The minimum atomic E-state index is -0.572. The average molecular weight is 292 g/mol. The number of carbonyl (C=O) groups excluding carboxylic acids is 2. The molecule has 0 aliphatic carbocycles. The Morgan fingerprint density at radius 3 is 2.38 bits per heavy atom. The zero-order chi connectivity index (χ0) is 12.5. The van der Waals surface area contributed by atoms with Gasteiger partial charge in [0.15, 0.2) is 0 Å². The van der Waals surface area contributed by atoms with Crippen LogP contribution < -0.4 is 0 Å². The van der Waals surface area contributed by atoms with E-state index in [1.807, 2.05) is 20.8 Å². The summed E-state index contributed by atoms with van der Waals surface area (Å²) in [5, 5.41) is 0. The second kappa shape index (κ2) is 4.73. The van der Waals surface area contributed by atoms with Gasteiger partial charge in [-0.1, -0.05) is 22.9 Å². The van der Waals surface area contributed by atoms with Gasteiger partial charge in [0.05, 0.1) is 17.4 Å². The Hall–Kier alpha value is -0.580. The molecule has 1 rings (SSSR count). The van der Waals surface area contributed by atoms with E-state index in [0.717, 1.165) is 0 Å². The summed E-state index contributed by atoms with van der Waals surface area (Å²) in [6.07, 6.45) is 0. The van der Waals surface area contributed by atoms with Crippen molar-refractivity contribution >= 4 is 27.8 Å². The van der Waals surface area contributed by atoms with E-state index in [9.17, 15) is 9.59 Å². The Morgan fingerprint density at radius 2 is 1.94 bits per heavy atom. The summed E-state index contributed by atoms with van der Waals surface area (Å²) in [6.45, 7) is 6.67. The lowest BCUT2D eigenvalue weighted by Crippen LogP contribution is -2.40. The van der Waals surface area contributed by atoms with Gasteiger partial charge in [0.25, 0.3) is 0 Å². The number of carbonyl (C=O) groups is 2. The largest absolute Gasteiger partial charge is 0.469 e. The SMILES string of the molecule is COC(=O)C1CN(C(=O)C(C)(C)Br)CC1C. The fraction of sp³-hybridized carbons (Fsp3) is 0.818. The first-order valence-electron chi connectivity index (χ1n) is 5.33. The molecule has 0 spiro atoms. The standard InChI is InChI=1S/C11H18BrNO3/c1-7-5-13(10(15)11(2,3)12)6-8(7)9(14)16-4/h7-8H,5-6H2,1-4H3. The molecule has 92 valence electrons. The third-order valence-electron chi connectivity index (χ3n) is 2.91. The van der Waals surface area contributed by atoms with Gasteiger partial charge in [-0.3, -0.25) is 9.59 Å². The monoisotopic (exact) mass is 291 g/mol. The highest BCUT2D eigenvalue weighted by Crippen LogP contribution is 2.28. The predicted octanol–water partition coefficient (Wildman–Crippen LogP) is 1.43. The van der Waals surface area contributed by atoms with Crippen LogP contribution in [-0.4, -0.2) is 41.3 Å². The van der Waals surface area contributed by atoms with Crippen molar-refractivity contribution in [2.75, 3.05) is 20.2 Å². The molecule has 2 atom stereocenters. The highest BCUT2D eigenvalue weighted by atomic mass is 79.9. The molecular weight excluding hydrogens is 274 g/mol. The molecule has 2 unspecified atom stereocenters. The van der Waals surface area contributed by atoms with Crippen LogP contribution >= 0.6 is 15.9 Å². The van der Waals surface area contributed by atoms with Crippen molar-refractivity contribution < 1.29 is 14.3 Å². The molecule has 4 nitrogen and oxygen atoms in total. The zero-order valence-electron chi connectivity index (χ0n) is 10.1. The average Bonchev–Trinajstić information content (AvgIpc) is 2.56. The van der Waals surface area contributed by atoms with Crippen molar-refractivity contribution in [3.05, 3.63) is 0 Å². The maximum atomic E-state index is 12.0. The van der Waals surface area contributed by atoms with E-state index in [1.54, 1.807) is 4.90 Å². The molecule has 0 N–H and O–H groups in total. The van der Waals surface area contributed by atoms with Gasteiger partial charge in [0.2, 0.25) is 5.91 Å². The summed E-state index contributed by atoms with van der Waals surface area (Å²) in [7, 11) is 1.38. The quantitative estimate of drug-likeness (QED) is 0.571. The van der Waals surface area contributed by atoms with Crippen molar-refractivity contribution in [3.8, 4) is 0 Å². The lowest BCUT2D eigenvalue weighted by molar-refractivity contribution is -0.146. The van der Waals surface area contributed by atoms with Crippen LogP contribution in [-0.2, 0) is 14.3 Å². The first-order valence-corrected chi connectivity index (χ1v) is 6.12. The number of likely N-dealkylation sites (tertiary alicyclic amines) is 1. The van der Waals surface area contributed by atoms with Crippen LogP contribution in [0.2, 0.25) is 0 Å². The topological polar surface area (TPSA) is 46.6 Å². The predicted molar refractivity (Wildman–Crippen MR) is 64.3 cm³/mol. The van der Waals surface area contributed by atoms with Gasteiger partial charge >= 0.3 is 5.97 Å². The lowest BCUT2D eigenvalue weighted by atomic mass is 9.99. The van der Waals surface area contributed by atoms with E-state index < -0.39 is 4.32 Å². The van der Waals surface area contributed by atoms with Gasteiger partial charge in [0.1, 0.15) is 0 Å². The Morgan fingerprint density at radius 1 is 1.38 bits per heavy atom. The van der Waals surface area contributed by atoms with Gasteiger partial charge in [-0.25, -0.2) is 0 Å². The number of ether oxygens (including phenoxy) is 1. The van der Waals surface area contributed by atoms with Crippen molar-refractivity contribution in [2.24, 2.45) is 11.8 Å². The van der Waals surface area contributed by atoms with Crippen molar-refractivity contribution in [2.45, 2.75) is 25.1 Å². The molecule has 1 heterocycles. The number of hydrogen-bond donors (Lipinski definition) is 0. The number of halogens is 1. The Kier molecular flexibility index (Phi) is 3.99. The molecule has 1 aliphatic heterocycles. The lowest BCUT2D eigenvalue weighted by Gasteiger charge is -2.24. The highest BCUT2D eigenvalue weighted by molar-refractivity contribution is 9.10. The molecule has 0 saturated carbocycles. The van der Waals surface area contributed by atoms with E-state index in [1.165, 1.54) is 7.11 Å². The van der Waals surface area contributed by atoms with Crippen LogP contribution in [0.3, 0.4) is 0 Å². The third-order valence-corrected chi connectivity index (χ3v) is 3.25. The van der Waals surface area contributed by atoms with E-state index in [4.69, 9.17) is 4.74 Å². The smallest absolute Gasteiger partial charge is 0.310 e. The summed E-state index contributed by atoms with van der Waals surface area (Å²) < 4.78 is 4.16. The Bertz CT molecular complexity index is 298. The first-order chi connectivity index (χ1) is 7.27. The summed E-state index contributed by atoms with van der Waals surface area (Å²) >= 11 is 3.34. The molecule has 1 amide bonds. The highest BCUT2D eigenvalue weighted by Gasteiger charge is 2.40. The molecule has 5 heteroatoms. The van der Waals surface area contributed by atoms with Crippen LogP contribution in [0.5, 0.6) is 0 Å². The Labute approximate surface area is 104 Å². The summed E-state index contributed by atoms with van der Waals surface area (Å²) in [5.74, 6) is -0.240. The fourth-order valence-electron chi connectivity index (χ4n) is 1.97.